The van der Waals surface area contributed by atoms with E-state index in [0.29, 0.717) is 12.4 Å². The van der Waals surface area contributed by atoms with E-state index in [-0.39, 0.29) is 22.5 Å². The molecule has 0 bridgehead atoms. The van der Waals surface area contributed by atoms with Crippen LogP contribution in [0.2, 0.25) is 0 Å². The first-order valence-corrected chi connectivity index (χ1v) is 3.54. The Kier molecular flexibility index (Phi) is 2.48. The smallest absolute Gasteiger partial charge is 0.264 e. The molecule has 1 aliphatic heterocycles. The van der Waals surface area contributed by atoms with E-state index in [0.717, 1.165) is 0 Å². The second-order valence-electron chi connectivity index (χ2n) is 2.58. The van der Waals surface area contributed by atoms with E-state index in [1.54, 1.807) is 12.1 Å². The molecule has 72 valence electrons. The summed E-state index contributed by atoms with van der Waals surface area (Å²) in [6.07, 6.45) is -3.27. The number of hydrogen-bond acceptors (Lipinski definition) is 3. The Hall–Kier alpha value is -1.95. The Labute approximate surface area is 78.0 Å². The van der Waals surface area contributed by atoms with Crippen LogP contribution in [0.1, 0.15) is 6.42 Å². The molecule has 0 unspecified atom stereocenters. The quantitative estimate of drug-likeness (QED) is 0.561. The molecule has 1 aliphatic rings. The zero-order valence-electron chi connectivity index (χ0n) is 6.84. The van der Waals surface area contributed by atoms with Gasteiger partial charge in [0.25, 0.3) is 0 Å². The minimum Gasteiger partial charge on any atom is -0.264 e. The SMILES string of the molecule is N#CC1=CN(C(F)(F)F)C=C(C#N)C1. The van der Waals surface area contributed by atoms with E-state index in [2.05, 4.69) is 0 Å². The molecular formula is C8H4F3N3. The molecular weight excluding hydrogens is 195 g/mol. The lowest BCUT2D eigenvalue weighted by molar-refractivity contribution is -0.211. The van der Waals surface area contributed by atoms with Crippen LogP contribution in [0.15, 0.2) is 23.5 Å². The Morgan fingerprint density at radius 2 is 1.57 bits per heavy atom. The molecule has 0 amide bonds. The molecule has 0 saturated heterocycles. The van der Waals surface area contributed by atoms with Gasteiger partial charge in [0.1, 0.15) is 0 Å². The second kappa shape index (κ2) is 3.43. The predicted molar refractivity (Wildman–Crippen MR) is 39.9 cm³/mol. The molecule has 0 aliphatic carbocycles. The summed E-state index contributed by atoms with van der Waals surface area (Å²) in [7, 11) is 0. The predicted octanol–water partition coefficient (Wildman–Crippen LogP) is 2.03. The van der Waals surface area contributed by atoms with Crippen molar-refractivity contribution in [2.24, 2.45) is 0 Å². The Morgan fingerprint density at radius 3 is 1.86 bits per heavy atom. The number of nitriles is 2. The number of hydrogen-bond donors (Lipinski definition) is 0. The van der Waals surface area contributed by atoms with E-state index >= 15 is 0 Å². The van der Waals surface area contributed by atoms with Crippen LogP contribution in [0, 0.1) is 22.7 Å². The first kappa shape index (κ1) is 10.1. The lowest BCUT2D eigenvalue weighted by atomic mass is 10.1. The van der Waals surface area contributed by atoms with Crippen LogP contribution in [0.25, 0.3) is 0 Å². The highest BCUT2D eigenvalue weighted by atomic mass is 19.4. The molecule has 0 N–H and O–H groups in total. The van der Waals surface area contributed by atoms with Crippen LogP contribution in [0.4, 0.5) is 13.2 Å². The van der Waals surface area contributed by atoms with E-state index in [1.165, 1.54) is 0 Å². The highest BCUT2D eigenvalue weighted by Gasteiger charge is 2.36. The molecule has 3 nitrogen and oxygen atoms in total. The summed E-state index contributed by atoms with van der Waals surface area (Å²) in [5.74, 6) is 0. The summed E-state index contributed by atoms with van der Waals surface area (Å²) in [6.45, 7) is 0. The zero-order chi connectivity index (χ0) is 10.8. The maximum atomic E-state index is 12.2. The summed E-state index contributed by atoms with van der Waals surface area (Å²) in [4.78, 5) is -0.0897. The first-order valence-electron chi connectivity index (χ1n) is 3.54. The molecule has 0 aromatic rings. The molecule has 0 fully saturated rings. The van der Waals surface area contributed by atoms with Crippen molar-refractivity contribution in [2.45, 2.75) is 12.7 Å². The third kappa shape index (κ3) is 2.05. The van der Waals surface area contributed by atoms with Gasteiger partial charge in [-0.15, -0.1) is 13.2 Å². The number of alkyl halides is 3. The molecule has 0 atom stereocenters. The largest absolute Gasteiger partial charge is 0.488 e. The van der Waals surface area contributed by atoms with Gasteiger partial charge in [-0.05, 0) is 0 Å². The highest BCUT2D eigenvalue weighted by molar-refractivity contribution is 5.37. The number of rotatable bonds is 0. The number of halogens is 3. The molecule has 1 rings (SSSR count). The maximum Gasteiger partial charge on any atom is 0.488 e. The van der Waals surface area contributed by atoms with E-state index in [1.807, 2.05) is 0 Å². The van der Waals surface area contributed by atoms with Crippen molar-refractivity contribution < 1.29 is 13.2 Å². The minimum absolute atomic E-state index is 0.0421. The van der Waals surface area contributed by atoms with Crippen molar-refractivity contribution in [3.8, 4) is 12.1 Å². The van der Waals surface area contributed by atoms with E-state index in [4.69, 9.17) is 10.5 Å². The van der Waals surface area contributed by atoms with Gasteiger partial charge in [-0.3, -0.25) is 4.90 Å². The second-order valence-corrected chi connectivity index (χ2v) is 2.58. The average Bonchev–Trinajstić information content (AvgIpc) is 2.15. The van der Waals surface area contributed by atoms with Gasteiger partial charge in [0.2, 0.25) is 0 Å². The van der Waals surface area contributed by atoms with Gasteiger partial charge in [-0.1, -0.05) is 0 Å². The number of allylic oxidation sites excluding steroid dienone is 2. The molecule has 0 aromatic heterocycles. The first-order chi connectivity index (χ1) is 6.47. The maximum absolute atomic E-state index is 12.2. The van der Waals surface area contributed by atoms with Gasteiger partial charge in [-0.2, -0.15) is 10.5 Å². The third-order valence-corrected chi connectivity index (χ3v) is 1.55. The summed E-state index contributed by atoms with van der Waals surface area (Å²) in [5, 5.41) is 16.9. The molecule has 6 heteroatoms. The topological polar surface area (TPSA) is 50.8 Å². The van der Waals surface area contributed by atoms with Gasteiger partial charge in [0.15, 0.2) is 0 Å². The van der Waals surface area contributed by atoms with Gasteiger partial charge >= 0.3 is 6.30 Å². The average molecular weight is 199 g/mol. The van der Waals surface area contributed by atoms with Crippen molar-refractivity contribution in [1.29, 1.82) is 10.5 Å². The molecule has 0 aromatic carbocycles. The molecule has 0 saturated carbocycles. The van der Waals surface area contributed by atoms with Crippen molar-refractivity contribution in [2.75, 3.05) is 0 Å². The lowest BCUT2D eigenvalue weighted by Crippen LogP contribution is -2.30. The summed E-state index contributed by atoms with van der Waals surface area (Å²) < 4.78 is 36.5. The van der Waals surface area contributed by atoms with Gasteiger partial charge in [0.05, 0.1) is 23.3 Å². The Bertz CT molecular complexity index is 348. The van der Waals surface area contributed by atoms with Crippen LogP contribution < -0.4 is 0 Å². The van der Waals surface area contributed by atoms with Crippen molar-refractivity contribution in [3.63, 3.8) is 0 Å². The Morgan fingerprint density at radius 1 is 1.14 bits per heavy atom. The minimum atomic E-state index is -4.59. The lowest BCUT2D eigenvalue weighted by Gasteiger charge is -2.22. The van der Waals surface area contributed by atoms with Crippen LogP contribution in [0.5, 0.6) is 0 Å². The van der Waals surface area contributed by atoms with Crippen molar-refractivity contribution in [3.05, 3.63) is 23.5 Å². The summed E-state index contributed by atoms with van der Waals surface area (Å²) >= 11 is 0. The molecule has 0 radical (unpaired) electrons. The van der Waals surface area contributed by atoms with Crippen molar-refractivity contribution in [1.82, 2.24) is 4.90 Å². The van der Waals surface area contributed by atoms with Gasteiger partial charge in [-0.25, -0.2) is 0 Å². The summed E-state index contributed by atoms with van der Waals surface area (Å²) in [6, 6.07) is 3.20. The fraction of sp³-hybridized carbons (Fsp3) is 0.250. The van der Waals surface area contributed by atoms with E-state index < -0.39 is 6.30 Å². The van der Waals surface area contributed by atoms with Crippen LogP contribution in [-0.4, -0.2) is 11.2 Å². The fourth-order valence-electron chi connectivity index (χ4n) is 0.953. The van der Waals surface area contributed by atoms with Crippen molar-refractivity contribution >= 4 is 0 Å². The molecule has 14 heavy (non-hydrogen) atoms. The third-order valence-electron chi connectivity index (χ3n) is 1.55. The number of nitrogens with zero attached hydrogens (tertiary/aromatic N) is 3. The van der Waals surface area contributed by atoms with E-state index in [9.17, 15) is 13.2 Å². The monoisotopic (exact) mass is 199 g/mol. The molecule has 0 spiro atoms. The highest BCUT2D eigenvalue weighted by Crippen LogP contribution is 2.28. The molecule has 1 heterocycles. The van der Waals surface area contributed by atoms with Crippen LogP contribution in [-0.2, 0) is 0 Å². The standard InChI is InChI=1S/C8H4F3N3/c9-8(10,11)14-4-6(2-12)1-7(3-13)5-14/h4-5H,1H2. The van der Waals surface area contributed by atoms with Crippen LogP contribution >= 0.6 is 0 Å². The Balaban J connectivity index is 3.02. The van der Waals surface area contributed by atoms with Gasteiger partial charge < -0.3 is 0 Å². The zero-order valence-corrected chi connectivity index (χ0v) is 6.84. The fourth-order valence-corrected chi connectivity index (χ4v) is 0.953. The normalized spacial score (nSPS) is 16.5. The van der Waals surface area contributed by atoms with Crippen LogP contribution in [0.3, 0.4) is 0 Å². The van der Waals surface area contributed by atoms with Gasteiger partial charge in [0, 0.05) is 18.8 Å². The summed E-state index contributed by atoms with van der Waals surface area (Å²) in [5.41, 5.74) is -0.164.